The van der Waals surface area contributed by atoms with Crippen molar-refractivity contribution in [2.75, 3.05) is 12.4 Å². The molecule has 0 unspecified atom stereocenters. The SMILES string of the molecule is COc1ccc(NCc2c(Br)c(C)nn2C)c(C)c1. The second kappa shape index (κ2) is 5.65. The number of hydrogen-bond donors (Lipinski definition) is 1. The molecule has 5 heteroatoms. The monoisotopic (exact) mass is 323 g/mol. The topological polar surface area (TPSA) is 39.1 Å². The molecule has 2 rings (SSSR count). The van der Waals surface area contributed by atoms with E-state index < -0.39 is 0 Å². The van der Waals surface area contributed by atoms with E-state index in [2.05, 4.69) is 33.3 Å². The van der Waals surface area contributed by atoms with Gasteiger partial charge in [0, 0.05) is 12.7 Å². The summed E-state index contributed by atoms with van der Waals surface area (Å²) in [7, 11) is 3.63. The average Bonchev–Trinajstić information content (AvgIpc) is 2.62. The van der Waals surface area contributed by atoms with E-state index in [4.69, 9.17) is 4.74 Å². The Hall–Kier alpha value is -1.49. The van der Waals surface area contributed by atoms with Gasteiger partial charge in [-0.1, -0.05) is 0 Å². The first kappa shape index (κ1) is 13.9. The van der Waals surface area contributed by atoms with Gasteiger partial charge in [-0.15, -0.1) is 0 Å². The first-order chi connectivity index (χ1) is 9.02. The van der Waals surface area contributed by atoms with Crippen molar-refractivity contribution in [3.05, 3.63) is 39.6 Å². The molecule has 1 heterocycles. The van der Waals surface area contributed by atoms with Gasteiger partial charge in [-0.3, -0.25) is 4.68 Å². The van der Waals surface area contributed by atoms with Gasteiger partial charge in [-0.05, 0) is 53.5 Å². The predicted octanol–water partition coefficient (Wildman–Crippen LogP) is 3.42. The fourth-order valence-electron chi connectivity index (χ4n) is 2.01. The number of anilines is 1. The minimum Gasteiger partial charge on any atom is -0.497 e. The van der Waals surface area contributed by atoms with Gasteiger partial charge in [-0.2, -0.15) is 5.10 Å². The number of methoxy groups -OCH3 is 1. The van der Waals surface area contributed by atoms with E-state index in [9.17, 15) is 0 Å². The van der Waals surface area contributed by atoms with Crippen LogP contribution in [0.15, 0.2) is 22.7 Å². The minimum absolute atomic E-state index is 0.727. The zero-order valence-electron chi connectivity index (χ0n) is 11.6. The van der Waals surface area contributed by atoms with Crippen LogP contribution in [0.25, 0.3) is 0 Å². The lowest BCUT2D eigenvalue weighted by atomic mass is 10.2. The van der Waals surface area contributed by atoms with E-state index in [0.29, 0.717) is 0 Å². The molecule has 0 aliphatic carbocycles. The maximum Gasteiger partial charge on any atom is 0.119 e. The number of ether oxygens (including phenoxy) is 1. The van der Waals surface area contributed by atoms with E-state index in [0.717, 1.165) is 39.4 Å². The van der Waals surface area contributed by atoms with Crippen LogP contribution in [0.3, 0.4) is 0 Å². The van der Waals surface area contributed by atoms with Gasteiger partial charge in [0.15, 0.2) is 0 Å². The van der Waals surface area contributed by atoms with Crippen molar-refractivity contribution in [1.29, 1.82) is 0 Å². The fourth-order valence-corrected chi connectivity index (χ4v) is 2.49. The lowest BCUT2D eigenvalue weighted by Gasteiger charge is -2.11. The molecular weight excluding hydrogens is 306 g/mol. The van der Waals surface area contributed by atoms with Gasteiger partial charge in [0.1, 0.15) is 5.75 Å². The molecule has 0 atom stereocenters. The zero-order valence-corrected chi connectivity index (χ0v) is 13.2. The number of aryl methyl sites for hydroxylation is 3. The van der Waals surface area contributed by atoms with Crippen LogP contribution in [-0.4, -0.2) is 16.9 Å². The van der Waals surface area contributed by atoms with Crippen molar-refractivity contribution >= 4 is 21.6 Å². The molecule has 0 radical (unpaired) electrons. The third-order valence-corrected chi connectivity index (χ3v) is 4.17. The Bertz CT molecular complexity index is 593. The normalized spacial score (nSPS) is 10.6. The summed E-state index contributed by atoms with van der Waals surface area (Å²) in [5.74, 6) is 0.876. The molecule has 0 saturated heterocycles. The molecule has 19 heavy (non-hydrogen) atoms. The average molecular weight is 324 g/mol. The summed E-state index contributed by atoms with van der Waals surface area (Å²) in [6.45, 7) is 4.78. The summed E-state index contributed by atoms with van der Waals surface area (Å²) in [6, 6.07) is 6.01. The lowest BCUT2D eigenvalue weighted by molar-refractivity contribution is 0.414. The Balaban J connectivity index is 2.14. The summed E-state index contributed by atoms with van der Waals surface area (Å²) in [6.07, 6.45) is 0. The zero-order chi connectivity index (χ0) is 14.0. The summed E-state index contributed by atoms with van der Waals surface area (Å²) < 4.78 is 8.16. The highest BCUT2D eigenvalue weighted by molar-refractivity contribution is 9.10. The van der Waals surface area contributed by atoms with Crippen LogP contribution in [0.5, 0.6) is 5.75 Å². The Morgan fingerprint density at radius 2 is 2.11 bits per heavy atom. The number of aromatic nitrogens is 2. The summed E-state index contributed by atoms with van der Waals surface area (Å²) in [4.78, 5) is 0. The summed E-state index contributed by atoms with van der Waals surface area (Å²) in [5.41, 5.74) is 4.40. The number of hydrogen-bond acceptors (Lipinski definition) is 3. The standard InChI is InChI=1S/C14H18BrN3O/c1-9-7-11(19-4)5-6-12(9)16-8-13-14(15)10(2)17-18(13)3/h5-7,16H,8H2,1-4H3. The summed E-state index contributed by atoms with van der Waals surface area (Å²) in [5, 5.41) is 7.81. The van der Waals surface area contributed by atoms with Crippen LogP contribution in [-0.2, 0) is 13.6 Å². The largest absolute Gasteiger partial charge is 0.497 e. The molecule has 0 fully saturated rings. The lowest BCUT2D eigenvalue weighted by Crippen LogP contribution is -2.07. The minimum atomic E-state index is 0.727. The maximum atomic E-state index is 5.20. The van der Waals surface area contributed by atoms with Crippen molar-refractivity contribution < 1.29 is 4.74 Å². The number of benzene rings is 1. The third-order valence-electron chi connectivity index (χ3n) is 3.14. The van der Waals surface area contributed by atoms with Crippen molar-refractivity contribution in [2.24, 2.45) is 7.05 Å². The van der Waals surface area contributed by atoms with E-state index in [1.54, 1.807) is 7.11 Å². The predicted molar refractivity (Wildman–Crippen MR) is 80.7 cm³/mol. The maximum absolute atomic E-state index is 5.20. The molecule has 0 aliphatic rings. The Kier molecular flexibility index (Phi) is 4.14. The van der Waals surface area contributed by atoms with Gasteiger partial charge in [-0.25, -0.2) is 0 Å². The molecule has 0 amide bonds. The van der Waals surface area contributed by atoms with Gasteiger partial charge >= 0.3 is 0 Å². The van der Waals surface area contributed by atoms with Crippen LogP contribution in [0.4, 0.5) is 5.69 Å². The third kappa shape index (κ3) is 2.92. The second-order valence-electron chi connectivity index (χ2n) is 4.50. The van der Waals surface area contributed by atoms with Crippen LogP contribution >= 0.6 is 15.9 Å². The first-order valence-corrected chi connectivity index (χ1v) is 6.88. The molecule has 4 nitrogen and oxygen atoms in total. The van der Waals surface area contributed by atoms with Crippen LogP contribution in [0.2, 0.25) is 0 Å². The molecule has 1 N–H and O–H groups in total. The van der Waals surface area contributed by atoms with Crippen molar-refractivity contribution in [1.82, 2.24) is 9.78 Å². The molecule has 0 saturated carbocycles. The van der Waals surface area contributed by atoms with Crippen molar-refractivity contribution in [3.8, 4) is 5.75 Å². The molecule has 0 aliphatic heterocycles. The first-order valence-electron chi connectivity index (χ1n) is 6.09. The highest BCUT2D eigenvalue weighted by Gasteiger charge is 2.10. The quantitative estimate of drug-likeness (QED) is 0.937. The smallest absolute Gasteiger partial charge is 0.119 e. The van der Waals surface area contributed by atoms with E-state index in [1.807, 2.05) is 36.9 Å². The molecule has 102 valence electrons. The molecule has 1 aromatic heterocycles. The van der Waals surface area contributed by atoms with E-state index in [-0.39, 0.29) is 0 Å². The van der Waals surface area contributed by atoms with Gasteiger partial charge in [0.25, 0.3) is 0 Å². The van der Waals surface area contributed by atoms with Crippen LogP contribution in [0.1, 0.15) is 17.0 Å². The number of rotatable bonds is 4. The van der Waals surface area contributed by atoms with Crippen molar-refractivity contribution in [3.63, 3.8) is 0 Å². The highest BCUT2D eigenvalue weighted by Crippen LogP contribution is 2.24. The van der Waals surface area contributed by atoms with E-state index in [1.165, 1.54) is 0 Å². The second-order valence-corrected chi connectivity index (χ2v) is 5.30. The Labute approximate surface area is 121 Å². The highest BCUT2D eigenvalue weighted by atomic mass is 79.9. The van der Waals surface area contributed by atoms with Crippen LogP contribution < -0.4 is 10.1 Å². The summed E-state index contributed by atoms with van der Waals surface area (Å²) >= 11 is 3.57. The van der Waals surface area contributed by atoms with Crippen LogP contribution in [0, 0.1) is 13.8 Å². The Morgan fingerprint density at radius 1 is 1.37 bits per heavy atom. The van der Waals surface area contributed by atoms with Gasteiger partial charge in [0.2, 0.25) is 0 Å². The molecular formula is C14H18BrN3O. The number of halogens is 1. The number of nitrogens with one attached hydrogen (secondary N) is 1. The Morgan fingerprint density at radius 3 is 2.63 bits per heavy atom. The molecule has 1 aromatic carbocycles. The van der Waals surface area contributed by atoms with Gasteiger partial charge < -0.3 is 10.1 Å². The molecule has 0 spiro atoms. The molecule has 0 bridgehead atoms. The molecule has 2 aromatic rings. The fraction of sp³-hybridized carbons (Fsp3) is 0.357. The van der Waals surface area contributed by atoms with E-state index >= 15 is 0 Å². The van der Waals surface area contributed by atoms with Crippen molar-refractivity contribution in [2.45, 2.75) is 20.4 Å². The van der Waals surface area contributed by atoms with Gasteiger partial charge in [0.05, 0.1) is 29.5 Å². The number of nitrogens with zero attached hydrogens (tertiary/aromatic N) is 2.